The van der Waals surface area contributed by atoms with Crippen LogP contribution in [0.25, 0.3) is 0 Å². The lowest BCUT2D eigenvalue weighted by Gasteiger charge is -2.29. The van der Waals surface area contributed by atoms with Gasteiger partial charge in [-0.1, -0.05) is 6.07 Å². The summed E-state index contributed by atoms with van der Waals surface area (Å²) >= 11 is 0. The highest BCUT2D eigenvalue weighted by atomic mass is 16.5. The van der Waals surface area contributed by atoms with Crippen molar-refractivity contribution in [1.82, 2.24) is 10.2 Å². The number of aromatic nitrogens is 2. The van der Waals surface area contributed by atoms with Crippen molar-refractivity contribution in [2.24, 2.45) is 0 Å². The Morgan fingerprint density at radius 3 is 2.89 bits per heavy atom. The molecule has 0 amide bonds. The van der Waals surface area contributed by atoms with Gasteiger partial charge in [-0.05, 0) is 19.1 Å². The number of phenols is 1. The number of H-pyrrole nitrogens is 1. The largest absolute Gasteiger partial charge is 0.508 e. The molecular formula is C13H16N2O3. The molecule has 2 aromatic rings. The van der Waals surface area contributed by atoms with E-state index in [2.05, 4.69) is 10.2 Å². The van der Waals surface area contributed by atoms with Crippen molar-refractivity contribution in [2.45, 2.75) is 12.5 Å². The number of hydrogen-bond acceptors (Lipinski definition) is 4. The second-order valence-electron chi connectivity index (χ2n) is 4.25. The van der Waals surface area contributed by atoms with Crippen molar-refractivity contribution >= 4 is 0 Å². The highest BCUT2D eigenvalue weighted by molar-refractivity contribution is 5.33. The molecule has 1 atom stereocenters. The number of phenolic OH excluding ortho intramolecular Hbond substituents is 1. The summed E-state index contributed by atoms with van der Waals surface area (Å²) in [6, 6.07) is 6.67. The minimum absolute atomic E-state index is 0.166. The first-order valence-electron chi connectivity index (χ1n) is 5.60. The Morgan fingerprint density at radius 2 is 2.28 bits per heavy atom. The number of ether oxygens (including phenoxy) is 2. The summed E-state index contributed by atoms with van der Waals surface area (Å²) in [5.41, 5.74) is 0.225. The van der Waals surface area contributed by atoms with Crippen LogP contribution in [-0.2, 0) is 10.3 Å². The van der Waals surface area contributed by atoms with E-state index in [9.17, 15) is 5.11 Å². The van der Waals surface area contributed by atoms with Crippen LogP contribution in [0.2, 0.25) is 0 Å². The molecule has 18 heavy (non-hydrogen) atoms. The van der Waals surface area contributed by atoms with Crippen molar-refractivity contribution in [2.75, 3.05) is 13.7 Å². The third-order valence-electron chi connectivity index (χ3n) is 2.69. The van der Waals surface area contributed by atoms with Gasteiger partial charge in [0.25, 0.3) is 0 Å². The smallest absolute Gasteiger partial charge is 0.157 e. The molecule has 0 saturated carbocycles. The molecule has 1 heterocycles. The lowest BCUT2D eigenvalue weighted by molar-refractivity contribution is 0.000301. The topological polar surface area (TPSA) is 67.4 Å². The molecule has 0 aliphatic heterocycles. The molecular weight excluding hydrogens is 232 g/mol. The van der Waals surface area contributed by atoms with Crippen molar-refractivity contribution in [3.8, 4) is 11.5 Å². The Kier molecular flexibility index (Phi) is 3.53. The molecule has 96 valence electrons. The van der Waals surface area contributed by atoms with E-state index in [1.54, 1.807) is 43.8 Å². The first-order valence-corrected chi connectivity index (χ1v) is 5.60. The first-order chi connectivity index (χ1) is 8.64. The van der Waals surface area contributed by atoms with Crippen LogP contribution in [0.1, 0.15) is 12.5 Å². The Labute approximate surface area is 105 Å². The molecule has 0 fully saturated rings. The maximum atomic E-state index is 9.44. The quantitative estimate of drug-likeness (QED) is 0.849. The standard InChI is InChI=1S/C13H16N2O3/c1-13(9-17-2,10-7-14-15-8-10)18-12-5-3-4-11(16)6-12/h3-8,16H,9H2,1-2H3,(H,14,15). The monoisotopic (exact) mass is 248 g/mol. The summed E-state index contributed by atoms with van der Waals surface area (Å²) in [6.45, 7) is 2.29. The van der Waals surface area contributed by atoms with Gasteiger partial charge in [0.2, 0.25) is 0 Å². The highest BCUT2D eigenvalue weighted by Crippen LogP contribution is 2.29. The predicted octanol–water partition coefficient (Wildman–Crippen LogP) is 2.06. The maximum absolute atomic E-state index is 9.44. The van der Waals surface area contributed by atoms with E-state index < -0.39 is 5.60 Å². The van der Waals surface area contributed by atoms with Crippen LogP contribution in [0, 0.1) is 0 Å². The van der Waals surface area contributed by atoms with E-state index in [0.717, 1.165) is 5.56 Å². The van der Waals surface area contributed by atoms with Crippen LogP contribution in [0.4, 0.5) is 0 Å². The second kappa shape index (κ2) is 5.10. The average molecular weight is 248 g/mol. The molecule has 5 heteroatoms. The van der Waals surface area contributed by atoms with Gasteiger partial charge in [0.05, 0.1) is 12.8 Å². The number of aromatic amines is 1. The maximum Gasteiger partial charge on any atom is 0.157 e. The Morgan fingerprint density at radius 1 is 1.44 bits per heavy atom. The van der Waals surface area contributed by atoms with Gasteiger partial charge in [0.1, 0.15) is 11.5 Å². The SMILES string of the molecule is COCC(C)(Oc1cccc(O)c1)c1cn[nH]c1. The Hall–Kier alpha value is -2.01. The molecule has 0 radical (unpaired) electrons. The molecule has 0 spiro atoms. The Bertz CT molecular complexity index is 499. The number of nitrogens with zero attached hydrogens (tertiary/aromatic N) is 1. The molecule has 2 rings (SSSR count). The number of benzene rings is 1. The highest BCUT2D eigenvalue weighted by Gasteiger charge is 2.30. The van der Waals surface area contributed by atoms with Gasteiger partial charge in [-0.15, -0.1) is 0 Å². The summed E-state index contributed by atoms with van der Waals surface area (Å²) in [5.74, 6) is 0.746. The number of methoxy groups -OCH3 is 1. The summed E-state index contributed by atoms with van der Waals surface area (Å²) in [5, 5.41) is 16.1. The molecule has 0 saturated heterocycles. The third kappa shape index (κ3) is 2.62. The van der Waals surface area contributed by atoms with Crippen LogP contribution in [0.3, 0.4) is 0 Å². The summed E-state index contributed by atoms with van der Waals surface area (Å²) in [7, 11) is 1.62. The van der Waals surface area contributed by atoms with E-state index in [1.807, 2.05) is 6.92 Å². The van der Waals surface area contributed by atoms with Crippen molar-refractivity contribution < 1.29 is 14.6 Å². The van der Waals surface area contributed by atoms with E-state index in [1.165, 1.54) is 0 Å². The molecule has 0 aliphatic rings. The normalized spacial score (nSPS) is 14.1. The van der Waals surface area contributed by atoms with Crippen molar-refractivity contribution in [3.05, 3.63) is 42.2 Å². The molecule has 5 nitrogen and oxygen atoms in total. The van der Waals surface area contributed by atoms with Crippen molar-refractivity contribution in [1.29, 1.82) is 0 Å². The van der Waals surface area contributed by atoms with E-state index in [0.29, 0.717) is 12.4 Å². The van der Waals surface area contributed by atoms with E-state index in [-0.39, 0.29) is 5.75 Å². The fourth-order valence-corrected chi connectivity index (χ4v) is 1.79. The predicted molar refractivity (Wildman–Crippen MR) is 66.6 cm³/mol. The molecule has 0 aliphatic carbocycles. The Balaban J connectivity index is 2.26. The lowest BCUT2D eigenvalue weighted by Crippen LogP contribution is -2.34. The summed E-state index contributed by atoms with van der Waals surface area (Å²) < 4.78 is 11.1. The lowest BCUT2D eigenvalue weighted by atomic mass is 10.0. The zero-order chi connectivity index (χ0) is 13.0. The van der Waals surface area contributed by atoms with Crippen LogP contribution < -0.4 is 4.74 Å². The summed E-state index contributed by atoms with van der Waals surface area (Å²) in [4.78, 5) is 0. The van der Waals surface area contributed by atoms with Gasteiger partial charge >= 0.3 is 0 Å². The second-order valence-corrected chi connectivity index (χ2v) is 4.25. The van der Waals surface area contributed by atoms with Gasteiger partial charge in [0.15, 0.2) is 5.60 Å². The summed E-state index contributed by atoms with van der Waals surface area (Å²) in [6.07, 6.45) is 3.46. The van der Waals surface area contributed by atoms with Gasteiger partial charge in [-0.2, -0.15) is 5.10 Å². The zero-order valence-corrected chi connectivity index (χ0v) is 10.4. The van der Waals surface area contributed by atoms with Crippen LogP contribution in [0.5, 0.6) is 11.5 Å². The first kappa shape index (κ1) is 12.4. The number of hydrogen-bond donors (Lipinski definition) is 2. The molecule has 1 aromatic heterocycles. The van der Waals surface area contributed by atoms with E-state index >= 15 is 0 Å². The van der Waals surface area contributed by atoms with Gasteiger partial charge in [-0.3, -0.25) is 5.10 Å². The minimum Gasteiger partial charge on any atom is -0.508 e. The number of nitrogens with one attached hydrogen (secondary N) is 1. The van der Waals surface area contributed by atoms with Gasteiger partial charge in [0, 0.05) is 24.9 Å². The average Bonchev–Trinajstić information content (AvgIpc) is 2.83. The third-order valence-corrected chi connectivity index (χ3v) is 2.69. The van der Waals surface area contributed by atoms with Crippen LogP contribution >= 0.6 is 0 Å². The fraction of sp³-hybridized carbons (Fsp3) is 0.308. The minimum atomic E-state index is -0.657. The van der Waals surface area contributed by atoms with Crippen LogP contribution in [-0.4, -0.2) is 29.0 Å². The van der Waals surface area contributed by atoms with E-state index in [4.69, 9.17) is 9.47 Å². The number of rotatable bonds is 5. The van der Waals surface area contributed by atoms with Gasteiger partial charge in [-0.25, -0.2) is 0 Å². The molecule has 1 unspecified atom stereocenters. The molecule has 1 aromatic carbocycles. The molecule has 2 N–H and O–H groups in total. The number of aromatic hydroxyl groups is 1. The van der Waals surface area contributed by atoms with Crippen LogP contribution in [0.15, 0.2) is 36.7 Å². The fourth-order valence-electron chi connectivity index (χ4n) is 1.79. The molecule has 0 bridgehead atoms. The van der Waals surface area contributed by atoms with Gasteiger partial charge < -0.3 is 14.6 Å². The zero-order valence-electron chi connectivity index (χ0n) is 10.4. The van der Waals surface area contributed by atoms with Crippen molar-refractivity contribution in [3.63, 3.8) is 0 Å².